The highest BCUT2D eigenvalue weighted by molar-refractivity contribution is 5.79. The van der Waals surface area contributed by atoms with Crippen LogP contribution in [0.4, 0.5) is 0 Å². The van der Waals surface area contributed by atoms with Crippen LogP contribution in [0.1, 0.15) is 39.5 Å². The SMILES string of the molecule is CCCC(C)N(C)C(=O)C1CCCNC1. The van der Waals surface area contributed by atoms with Crippen LogP contribution in [0, 0.1) is 5.92 Å². The van der Waals surface area contributed by atoms with E-state index in [-0.39, 0.29) is 5.92 Å². The van der Waals surface area contributed by atoms with Gasteiger partial charge in [0.2, 0.25) is 5.91 Å². The van der Waals surface area contributed by atoms with Gasteiger partial charge in [0.05, 0.1) is 5.92 Å². The Hall–Kier alpha value is -0.570. The van der Waals surface area contributed by atoms with Crippen LogP contribution >= 0.6 is 0 Å². The van der Waals surface area contributed by atoms with Gasteiger partial charge in [-0.2, -0.15) is 0 Å². The van der Waals surface area contributed by atoms with Crippen molar-refractivity contribution in [1.82, 2.24) is 10.2 Å². The number of hydrogen-bond acceptors (Lipinski definition) is 2. The molecule has 0 aromatic carbocycles. The Morgan fingerprint density at radius 2 is 2.33 bits per heavy atom. The Morgan fingerprint density at radius 3 is 2.87 bits per heavy atom. The van der Waals surface area contributed by atoms with Gasteiger partial charge in [-0.3, -0.25) is 4.79 Å². The number of rotatable bonds is 4. The zero-order chi connectivity index (χ0) is 11.3. The van der Waals surface area contributed by atoms with E-state index in [1.165, 1.54) is 0 Å². The molecule has 1 amide bonds. The van der Waals surface area contributed by atoms with E-state index >= 15 is 0 Å². The van der Waals surface area contributed by atoms with Gasteiger partial charge in [0, 0.05) is 19.6 Å². The maximum Gasteiger partial charge on any atom is 0.226 e. The van der Waals surface area contributed by atoms with Crippen molar-refractivity contribution in [3.63, 3.8) is 0 Å². The smallest absolute Gasteiger partial charge is 0.226 e. The number of carbonyl (C=O) groups is 1. The summed E-state index contributed by atoms with van der Waals surface area (Å²) in [7, 11) is 1.94. The summed E-state index contributed by atoms with van der Waals surface area (Å²) < 4.78 is 0. The molecule has 0 aromatic heterocycles. The summed E-state index contributed by atoms with van der Waals surface area (Å²) in [4.78, 5) is 14.0. The molecule has 1 N–H and O–H groups in total. The van der Waals surface area contributed by atoms with Crippen molar-refractivity contribution < 1.29 is 4.79 Å². The number of piperidine rings is 1. The fraction of sp³-hybridized carbons (Fsp3) is 0.917. The van der Waals surface area contributed by atoms with E-state index in [1.54, 1.807) is 0 Å². The number of nitrogens with one attached hydrogen (secondary N) is 1. The maximum absolute atomic E-state index is 12.1. The van der Waals surface area contributed by atoms with Crippen LogP contribution in [0.15, 0.2) is 0 Å². The summed E-state index contributed by atoms with van der Waals surface area (Å²) in [5.41, 5.74) is 0. The van der Waals surface area contributed by atoms with Crippen LogP contribution in [0.25, 0.3) is 0 Å². The Labute approximate surface area is 93.2 Å². The molecule has 0 aliphatic carbocycles. The number of nitrogens with zero attached hydrogens (tertiary/aromatic N) is 1. The Bertz CT molecular complexity index is 200. The van der Waals surface area contributed by atoms with Crippen LogP contribution in [0.2, 0.25) is 0 Å². The van der Waals surface area contributed by atoms with Crippen molar-refractivity contribution in [2.45, 2.75) is 45.6 Å². The molecule has 1 heterocycles. The quantitative estimate of drug-likeness (QED) is 0.768. The molecule has 1 rings (SSSR count). The highest BCUT2D eigenvalue weighted by Gasteiger charge is 2.25. The van der Waals surface area contributed by atoms with Crippen molar-refractivity contribution in [3.8, 4) is 0 Å². The second-order valence-corrected chi connectivity index (χ2v) is 4.63. The first-order valence-electron chi connectivity index (χ1n) is 6.14. The highest BCUT2D eigenvalue weighted by atomic mass is 16.2. The summed E-state index contributed by atoms with van der Waals surface area (Å²) in [6, 6.07) is 0.379. The molecule has 2 atom stereocenters. The Kier molecular flexibility index (Phi) is 5.09. The van der Waals surface area contributed by atoms with Crippen LogP contribution in [-0.4, -0.2) is 37.0 Å². The minimum atomic E-state index is 0.211. The zero-order valence-electron chi connectivity index (χ0n) is 10.3. The summed E-state index contributed by atoms with van der Waals surface area (Å²) in [6.07, 6.45) is 4.42. The summed E-state index contributed by atoms with van der Waals surface area (Å²) in [6.45, 7) is 6.23. The first-order valence-corrected chi connectivity index (χ1v) is 6.14. The Morgan fingerprint density at radius 1 is 1.60 bits per heavy atom. The topological polar surface area (TPSA) is 32.3 Å². The van der Waals surface area contributed by atoms with Gasteiger partial charge in [0.1, 0.15) is 0 Å². The highest BCUT2D eigenvalue weighted by Crippen LogP contribution is 2.15. The largest absolute Gasteiger partial charge is 0.343 e. The minimum Gasteiger partial charge on any atom is -0.343 e. The van der Waals surface area contributed by atoms with Gasteiger partial charge in [0.15, 0.2) is 0 Å². The molecule has 88 valence electrons. The molecule has 3 nitrogen and oxygen atoms in total. The lowest BCUT2D eigenvalue weighted by Crippen LogP contribution is -2.44. The Balaban J connectivity index is 2.43. The van der Waals surface area contributed by atoms with Gasteiger partial charge in [-0.05, 0) is 32.7 Å². The zero-order valence-corrected chi connectivity index (χ0v) is 10.3. The van der Waals surface area contributed by atoms with E-state index in [0.29, 0.717) is 11.9 Å². The van der Waals surface area contributed by atoms with Gasteiger partial charge in [-0.25, -0.2) is 0 Å². The molecule has 1 aliphatic rings. The summed E-state index contributed by atoms with van der Waals surface area (Å²) in [5, 5.41) is 3.29. The van der Waals surface area contributed by atoms with Crippen LogP contribution in [0.5, 0.6) is 0 Å². The second kappa shape index (κ2) is 6.11. The molecule has 3 heteroatoms. The average molecular weight is 212 g/mol. The predicted molar refractivity (Wildman–Crippen MR) is 62.7 cm³/mol. The third-order valence-corrected chi connectivity index (χ3v) is 3.36. The van der Waals surface area contributed by atoms with Gasteiger partial charge in [-0.1, -0.05) is 13.3 Å². The third kappa shape index (κ3) is 3.49. The van der Waals surface area contributed by atoms with E-state index in [0.717, 1.165) is 38.8 Å². The van der Waals surface area contributed by atoms with Gasteiger partial charge in [0.25, 0.3) is 0 Å². The normalized spacial score (nSPS) is 23.5. The van der Waals surface area contributed by atoms with Gasteiger partial charge < -0.3 is 10.2 Å². The third-order valence-electron chi connectivity index (χ3n) is 3.36. The molecule has 0 saturated carbocycles. The molecule has 15 heavy (non-hydrogen) atoms. The van der Waals surface area contributed by atoms with Crippen LogP contribution < -0.4 is 5.32 Å². The standard InChI is InChI=1S/C12H24N2O/c1-4-6-10(2)14(3)12(15)11-7-5-8-13-9-11/h10-11,13H,4-9H2,1-3H3. The molecule has 2 unspecified atom stereocenters. The lowest BCUT2D eigenvalue weighted by atomic mass is 9.97. The summed E-state index contributed by atoms with van der Waals surface area (Å²) >= 11 is 0. The van der Waals surface area contributed by atoms with E-state index in [2.05, 4.69) is 19.2 Å². The first-order chi connectivity index (χ1) is 7.16. The monoisotopic (exact) mass is 212 g/mol. The molecule has 0 aromatic rings. The first kappa shape index (κ1) is 12.5. The minimum absolute atomic E-state index is 0.211. The molecule has 0 spiro atoms. The van der Waals surface area contributed by atoms with Crippen LogP contribution in [-0.2, 0) is 4.79 Å². The lowest BCUT2D eigenvalue weighted by Gasteiger charge is -2.30. The van der Waals surface area contributed by atoms with Crippen molar-refractivity contribution in [1.29, 1.82) is 0 Å². The molecule has 1 aliphatic heterocycles. The molecular formula is C12H24N2O. The predicted octanol–water partition coefficient (Wildman–Crippen LogP) is 1.63. The fourth-order valence-corrected chi connectivity index (χ4v) is 2.18. The molecule has 0 radical (unpaired) electrons. The van der Waals surface area contributed by atoms with Crippen LogP contribution in [0.3, 0.4) is 0 Å². The molecule has 1 fully saturated rings. The second-order valence-electron chi connectivity index (χ2n) is 4.63. The summed E-state index contributed by atoms with van der Waals surface area (Å²) in [5.74, 6) is 0.534. The van der Waals surface area contributed by atoms with Crippen molar-refractivity contribution in [2.24, 2.45) is 5.92 Å². The molecule has 1 saturated heterocycles. The van der Waals surface area contributed by atoms with Gasteiger partial charge in [-0.15, -0.1) is 0 Å². The number of hydrogen-bond donors (Lipinski definition) is 1. The van der Waals surface area contributed by atoms with E-state index < -0.39 is 0 Å². The van der Waals surface area contributed by atoms with Crippen molar-refractivity contribution in [2.75, 3.05) is 20.1 Å². The fourth-order valence-electron chi connectivity index (χ4n) is 2.18. The van der Waals surface area contributed by atoms with E-state index in [4.69, 9.17) is 0 Å². The number of amides is 1. The molecular weight excluding hydrogens is 188 g/mol. The average Bonchev–Trinajstić information content (AvgIpc) is 2.28. The number of carbonyl (C=O) groups excluding carboxylic acids is 1. The van der Waals surface area contributed by atoms with E-state index in [9.17, 15) is 4.79 Å². The van der Waals surface area contributed by atoms with E-state index in [1.807, 2.05) is 11.9 Å². The molecule has 0 bridgehead atoms. The lowest BCUT2D eigenvalue weighted by molar-refractivity contribution is -0.136. The van der Waals surface area contributed by atoms with Crippen molar-refractivity contribution >= 4 is 5.91 Å². The van der Waals surface area contributed by atoms with Crippen molar-refractivity contribution in [3.05, 3.63) is 0 Å². The van der Waals surface area contributed by atoms with Gasteiger partial charge >= 0.3 is 0 Å². The maximum atomic E-state index is 12.1.